The number of halogens is 1. The molecule has 1 unspecified atom stereocenters. The highest BCUT2D eigenvalue weighted by Crippen LogP contribution is 2.29. The summed E-state index contributed by atoms with van der Waals surface area (Å²) in [5.41, 5.74) is -1.70. The first-order valence-electron chi connectivity index (χ1n) is 7.30. The van der Waals surface area contributed by atoms with Crippen LogP contribution >= 0.6 is 0 Å². The van der Waals surface area contributed by atoms with Crippen molar-refractivity contribution in [2.24, 2.45) is 0 Å². The summed E-state index contributed by atoms with van der Waals surface area (Å²) in [5, 5.41) is 11.5. The number of carboxylic acids is 1. The Kier molecular flexibility index (Phi) is 5.18. The number of carbonyl (C=O) groups excluding carboxylic acids is 2. The lowest BCUT2D eigenvalue weighted by Crippen LogP contribution is -2.50. The maximum absolute atomic E-state index is 12.9. The first-order chi connectivity index (χ1) is 11.4. The third kappa shape index (κ3) is 3.53. The predicted molar refractivity (Wildman–Crippen MR) is 81.9 cm³/mol. The monoisotopic (exact) mass is 331 g/mol. The molecule has 0 aromatic heterocycles. The van der Waals surface area contributed by atoms with Crippen LogP contribution in [0, 0.1) is 5.82 Å². The Hall–Kier alpha value is -2.89. The first kappa shape index (κ1) is 17.5. The second-order valence-corrected chi connectivity index (χ2v) is 5.21. The number of hydrogen-bond donors (Lipinski definition) is 0. The lowest BCUT2D eigenvalue weighted by molar-refractivity contribution is -0.312. The standard InChI is InChI=1S/C18H17FO5/c1-3-23-17(22)18(2,16(20)21)12-4-8-14(9-5-12)24-15-10-6-13(19)7-11-15/h4-11H,3H2,1-2H3,(H,20,21)/p-1. The molecule has 0 aliphatic heterocycles. The van der Waals surface area contributed by atoms with Gasteiger partial charge in [0.05, 0.1) is 12.6 Å². The van der Waals surface area contributed by atoms with Crippen LogP contribution in [-0.2, 0) is 19.7 Å². The van der Waals surface area contributed by atoms with Crippen LogP contribution in [0.15, 0.2) is 48.5 Å². The molecule has 0 radical (unpaired) electrons. The third-order valence-corrected chi connectivity index (χ3v) is 3.57. The lowest BCUT2D eigenvalue weighted by atomic mass is 9.82. The molecule has 0 spiro atoms. The third-order valence-electron chi connectivity index (χ3n) is 3.57. The van der Waals surface area contributed by atoms with E-state index in [-0.39, 0.29) is 18.0 Å². The second kappa shape index (κ2) is 7.12. The molecule has 0 bridgehead atoms. The minimum Gasteiger partial charge on any atom is -0.549 e. The van der Waals surface area contributed by atoms with Crippen molar-refractivity contribution in [1.29, 1.82) is 0 Å². The van der Waals surface area contributed by atoms with Gasteiger partial charge in [0, 0.05) is 0 Å². The molecule has 0 heterocycles. The van der Waals surface area contributed by atoms with E-state index < -0.39 is 17.4 Å². The van der Waals surface area contributed by atoms with Gasteiger partial charge < -0.3 is 19.4 Å². The Balaban J connectivity index is 2.24. The summed E-state index contributed by atoms with van der Waals surface area (Å²) in [6.07, 6.45) is 0. The summed E-state index contributed by atoms with van der Waals surface area (Å²) in [4.78, 5) is 23.5. The normalized spacial score (nSPS) is 13.0. The van der Waals surface area contributed by atoms with Gasteiger partial charge in [-0.25, -0.2) is 4.39 Å². The van der Waals surface area contributed by atoms with Crippen LogP contribution in [0.25, 0.3) is 0 Å². The van der Waals surface area contributed by atoms with E-state index in [1.165, 1.54) is 55.5 Å². The van der Waals surface area contributed by atoms with Crippen molar-refractivity contribution in [2.75, 3.05) is 6.61 Å². The average Bonchev–Trinajstić information content (AvgIpc) is 2.57. The molecule has 0 fully saturated rings. The number of aliphatic carboxylic acids is 1. The van der Waals surface area contributed by atoms with Gasteiger partial charge in [0.25, 0.3) is 0 Å². The van der Waals surface area contributed by atoms with Crippen molar-refractivity contribution in [3.05, 3.63) is 59.9 Å². The van der Waals surface area contributed by atoms with Crippen molar-refractivity contribution in [3.8, 4) is 11.5 Å². The number of carboxylic acid groups (broad SMARTS) is 1. The van der Waals surface area contributed by atoms with Crippen molar-refractivity contribution in [1.82, 2.24) is 0 Å². The first-order valence-corrected chi connectivity index (χ1v) is 7.30. The van der Waals surface area contributed by atoms with Crippen LogP contribution in [0.4, 0.5) is 4.39 Å². The number of ether oxygens (including phenoxy) is 2. The molecule has 0 aliphatic carbocycles. The molecule has 2 aromatic carbocycles. The largest absolute Gasteiger partial charge is 0.549 e. The zero-order valence-corrected chi connectivity index (χ0v) is 13.2. The van der Waals surface area contributed by atoms with Crippen LogP contribution < -0.4 is 9.84 Å². The summed E-state index contributed by atoms with van der Waals surface area (Å²) in [6, 6.07) is 11.4. The fraction of sp³-hybridized carbons (Fsp3) is 0.222. The number of benzene rings is 2. The minimum atomic E-state index is -1.91. The molecule has 24 heavy (non-hydrogen) atoms. The van der Waals surface area contributed by atoms with Crippen molar-refractivity contribution < 1.29 is 28.6 Å². The lowest BCUT2D eigenvalue weighted by Gasteiger charge is -2.28. The topological polar surface area (TPSA) is 75.7 Å². The molecular formula is C18H16FO5-. The van der Waals surface area contributed by atoms with Crippen LogP contribution in [0.5, 0.6) is 11.5 Å². The van der Waals surface area contributed by atoms with Gasteiger partial charge in [0.1, 0.15) is 22.7 Å². The van der Waals surface area contributed by atoms with E-state index in [2.05, 4.69) is 0 Å². The summed E-state index contributed by atoms with van der Waals surface area (Å²) in [6.45, 7) is 2.89. The van der Waals surface area contributed by atoms with E-state index in [9.17, 15) is 19.1 Å². The van der Waals surface area contributed by atoms with E-state index in [0.29, 0.717) is 11.5 Å². The fourth-order valence-corrected chi connectivity index (χ4v) is 2.09. The van der Waals surface area contributed by atoms with E-state index in [1.54, 1.807) is 6.92 Å². The molecule has 0 saturated heterocycles. The maximum Gasteiger partial charge on any atom is 0.322 e. The minimum absolute atomic E-state index is 0.0630. The van der Waals surface area contributed by atoms with Crippen LogP contribution in [0.3, 0.4) is 0 Å². The van der Waals surface area contributed by atoms with Gasteiger partial charge in [-0.3, -0.25) is 4.79 Å². The molecule has 0 saturated carbocycles. The summed E-state index contributed by atoms with van der Waals surface area (Å²) < 4.78 is 23.2. The molecule has 2 aromatic rings. The Morgan fingerprint density at radius 3 is 2.00 bits per heavy atom. The molecule has 0 aliphatic rings. The van der Waals surface area contributed by atoms with Crippen LogP contribution in [0.2, 0.25) is 0 Å². The van der Waals surface area contributed by atoms with Gasteiger partial charge in [-0.15, -0.1) is 0 Å². The Labute approximate surface area is 138 Å². The Bertz CT molecular complexity index is 724. The highest BCUT2D eigenvalue weighted by molar-refractivity contribution is 6.04. The molecule has 5 nitrogen and oxygen atoms in total. The molecule has 0 N–H and O–H groups in total. The van der Waals surface area contributed by atoms with E-state index in [4.69, 9.17) is 9.47 Å². The van der Waals surface area contributed by atoms with Gasteiger partial charge in [0.15, 0.2) is 0 Å². The Morgan fingerprint density at radius 1 is 1.04 bits per heavy atom. The average molecular weight is 331 g/mol. The fourth-order valence-electron chi connectivity index (χ4n) is 2.09. The number of carbonyl (C=O) groups is 2. The quantitative estimate of drug-likeness (QED) is 0.599. The Morgan fingerprint density at radius 2 is 1.54 bits per heavy atom. The number of rotatable bonds is 6. The molecule has 1 atom stereocenters. The van der Waals surface area contributed by atoms with Crippen LogP contribution in [-0.4, -0.2) is 18.5 Å². The molecule has 126 valence electrons. The molecular weight excluding hydrogens is 315 g/mol. The van der Waals surface area contributed by atoms with E-state index in [1.807, 2.05) is 0 Å². The van der Waals surface area contributed by atoms with Crippen molar-refractivity contribution in [2.45, 2.75) is 19.3 Å². The smallest absolute Gasteiger partial charge is 0.322 e. The maximum atomic E-state index is 12.9. The van der Waals surface area contributed by atoms with Gasteiger partial charge in [0.2, 0.25) is 0 Å². The van der Waals surface area contributed by atoms with E-state index in [0.717, 1.165) is 0 Å². The molecule has 2 rings (SSSR count). The van der Waals surface area contributed by atoms with Crippen LogP contribution in [0.1, 0.15) is 19.4 Å². The highest BCUT2D eigenvalue weighted by atomic mass is 19.1. The molecule has 6 heteroatoms. The zero-order valence-electron chi connectivity index (χ0n) is 13.2. The van der Waals surface area contributed by atoms with E-state index >= 15 is 0 Å². The van der Waals surface area contributed by atoms with Gasteiger partial charge in [-0.2, -0.15) is 0 Å². The summed E-state index contributed by atoms with van der Waals surface area (Å²) in [7, 11) is 0. The number of esters is 1. The molecule has 0 amide bonds. The predicted octanol–water partition coefficient (Wildman–Crippen LogP) is 2.19. The highest BCUT2D eigenvalue weighted by Gasteiger charge is 2.38. The van der Waals surface area contributed by atoms with Crippen molar-refractivity contribution >= 4 is 11.9 Å². The van der Waals surface area contributed by atoms with Crippen molar-refractivity contribution in [3.63, 3.8) is 0 Å². The summed E-state index contributed by atoms with van der Waals surface area (Å²) >= 11 is 0. The van der Waals surface area contributed by atoms with Gasteiger partial charge in [-0.1, -0.05) is 12.1 Å². The summed E-state index contributed by atoms with van der Waals surface area (Å²) in [5.74, 6) is -1.98. The second-order valence-electron chi connectivity index (χ2n) is 5.21. The number of hydrogen-bond acceptors (Lipinski definition) is 5. The van der Waals surface area contributed by atoms with Gasteiger partial charge in [-0.05, 0) is 55.8 Å². The zero-order chi connectivity index (χ0) is 17.7. The van der Waals surface area contributed by atoms with Gasteiger partial charge >= 0.3 is 5.97 Å². The SMILES string of the molecule is CCOC(=O)C(C)(C(=O)[O-])c1ccc(Oc2ccc(F)cc2)cc1.